The Balaban J connectivity index is 1.21. The number of hydrogen-bond donors (Lipinski definition) is 3. The summed E-state index contributed by atoms with van der Waals surface area (Å²) in [6.07, 6.45) is 5.79. The third-order valence-corrected chi connectivity index (χ3v) is 25.4. The number of halogens is 3. The molecule has 3 unspecified atom stereocenters. The van der Waals surface area contributed by atoms with Crippen molar-refractivity contribution in [2.45, 2.75) is 282 Å². The van der Waals surface area contributed by atoms with Crippen molar-refractivity contribution in [1.82, 2.24) is 60.0 Å². The largest absolute Gasteiger partial charge is 0.394 e. The van der Waals surface area contributed by atoms with E-state index >= 15 is 43.2 Å². The third-order valence-electron chi connectivity index (χ3n) is 25.4. The van der Waals surface area contributed by atoms with Crippen molar-refractivity contribution in [1.29, 1.82) is 0 Å². The Labute approximate surface area is 633 Å². The van der Waals surface area contributed by atoms with Crippen LogP contribution in [-0.4, -0.2) is 270 Å². The van der Waals surface area contributed by atoms with E-state index in [1.807, 2.05) is 60.6 Å². The maximum Gasteiger partial charge on any atom is 0.394 e. The first-order valence-corrected chi connectivity index (χ1v) is 39.9. The highest BCUT2D eigenvalue weighted by Gasteiger charge is 2.60. The molecule has 602 valence electrons. The van der Waals surface area contributed by atoms with Gasteiger partial charge in [0.1, 0.15) is 59.9 Å². The predicted molar refractivity (Wildman–Crippen MR) is 396 cm³/mol. The Bertz CT molecular complexity index is 3240. The molecule has 0 radical (unpaired) electrons. The lowest BCUT2D eigenvalue weighted by Gasteiger charge is -2.54. The van der Waals surface area contributed by atoms with Crippen LogP contribution in [0.25, 0.3) is 0 Å². The number of likely N-dealkylation sites (N-methyl/N-ethyl adjacent to an activating group) is 6. The van der Waals surface area contributed by atoms with E-state index in [2.05, 4.69) is 22.9 Å². The minimum atomic E-state index is -4.51. The summed E-state index contributed by atoms with van der Waals surface area (Å²) in [4.78, 5) is 196. The lowest BCUT2D eigenvalue weighted by molar-refractivity contribution is -0.215. The van der Waals surface area contributed by atoms with Gasteiger partial charge in [0.15, 0.2) is 0 Å². The van der Waals surface area contributed by atoms with Crippen molar-refractivity contribution in [3.63, 3.8) is 0 Å². The predicted octanol–water partition coefficient (Wildman–Crippen LogP) is 6.94. The first-order valence-electron chi connectivity index (χ1n) is 39.9. The van der Waals surface area contributed by atoms with E-state index in [9.17, 15) is 27.6 Å². The maximum absolute atomic E-state index is 15.8. The van der Waals surface area contributed by atoms with Gasteiger partial charge in [-0.1, -0.05) is 119 Å². The highest BCUT2D eigenvalue weighted by atomic mass is 19.4. The first-order chi connectivity index (χ1) is 50.3. The van der Waals surface area contributed by atoms with E-state index in [-0.39, 0.29) is 120 Å². The molecule has 8 rings (SSSR count). The average molecular weight is 1510 g/mol. The first kappa shape index (κ1) is 85.7. The van der Waals surface area contributed by atoms with Gasteiger partial charge in [0, 0.05) is 76.1 Å². The number of carbonyl (C=O) groups is 12. The second-order valence-electron chi connectivity index (χ2n) is 34.6. The van der Waals surface area contributed by atoms with Crippen molar-refractivity contribution in [3.8, 4) is 0 Å². The summed E-state index contributed by atoms with van der Waals surface area (Å²) >= 11 is 0. The number of alkyl halides is 3. The van der Waals surface area contributed by atoms with E-state index in [0.717, 1.165) is 38.5 Å². The molecule has 7 fully saturated rings. The van der Waals surface area contributed by atoms with E-state index < -0.39 is 179 Å². The number of rotatable bonds is 12. The highest BCUT2D eigenvalue weighted by molar-refractivity contribution is 6.01. The standard InChI is InChI=1S/C79H127F3N12O13/c1-17-24-56-67(97)84-65(50(6)18-2)74(104)94-43-49(5)38-60(94)72(102)89(13)57-27-20-19-23-36-92(73(57)103)61(39-51-30-28-47(3)29-31-51)71(101)87(11)44-63(95)83-55(35-33-52-32-34-54(79(80,81)82)62(40-52)107-16)69(99)93-42-48(4)37-58(93)68(98)85-78(45-77(7,8)46-78)76(106)91(15)66(53-25-21-22-26-53)75(105)90(14)59(70(100)86(9)10)41-64(96)88(56)12/h19-20,47-62,65-66H,17-18,21-46H2,1-16H3,(H,83,95)(H,84,97)(H,85,98)/b20-19-/t47?,48-,49-,50-,51?,52?,54?,55-,56-,57-,58-,59-,60-,61-,62?,65-,66-/m0/s1. The van der Waals surface area contributed by atoms with Crippen LogP contribution in [0.5, 0.6) is 0 Å². The molecule has 4 heterocycles. The summed E-state index contributed by atoms with van der Waals surface area (Å²) in [5, 5.41) is 9.03. The van der Waals surface area contributed by atoms with Gasteiger partial charge < -0.3 is 64.8 Å². The average Bonchev–Trinajstić information content (AvgIpc) is 1.29. The minimum Gasteiger partial charge on any atom is -0.381 e. The summed E-state index contributed by atoms with van der Waals surface area (Å²) in [5.74, 6) is -10.3. The quantitative estimate of drug-likeness (QED) is 0.167. The van der Waals surface area contributed by atoms with Crippen molar-refractivity contribution in [2.24, 2.45) is 52.8 Å². The fourth-order valence-corrected chi connectivity index (χ4v) is 19.1. The minimum absolute atomic E-state index is 0.00574. The topological polar surface area (TPSA) is 279 Å². The van der Waals surface area contributed by atoms with E-state index in [0.29, 0.717) is 38.0 Å². The van der Waals surface area contributed by atoms with Crippen LogP contribution in [0.4, 0.5) is 13.2 Å². The molecule has 107 heavy (non-hydrogen) atoms. The van der Waals surface area contributed by atoms with Gasteiger partial charge in [-0.3, -0.25) is 57.5 Å². The summed E-state index contributed by atoms with van der Waals surface area (Å²) < 4.78 is 48.4. The number of amides is 12. The number of nitrogens with zero attached hydrogens (tertiary/aromatic N) is 9. The van der Waals surface area contributed by atoms with Crippen molar-refractivity contribution >= 4 is 70.9 Å². The number of carbonyl (C=O) groups excluding carboxylic acids is 12. The van der Waals surface area contributed by atoms with Crippen LogP contribution >= 0.6 is 0 Å². The number of nitrogens with one attached hydrogen (secondary N) is 3. The van der Waals surface area contributed by atoms with Crippen LogP contribution < -0.4 is 16.0 Å². The molecule has 0 aromatic rings. The Morgan fingerprint density at radius 3 is 1.85 bits per heavy atom. The molecule has 0 aromatic heterocycles. The molecule has 4 aliphatic heterocycles. The van der Waals surface area contributed by atoms with Gasteiger partial charge in [-0.05, 0) is 143 Å². The van der Waals surface area contributed by atoms with Crippen LogP contribution in [0.2, 0.25) is 0 Å². The maximum atomic E-state index is 15.8. The lowest BCUT2D eigenvalue weighted by atomic mass is 9.58. The second kappa shape index (κ2) is 36.3. The van der Waals surface area contributed by atoms with Gasteiger partial charge in [-0.15, -0.1) is 0 Å². The normalized spacial score (nSPS) is 33.7. The highest BCUT2D eigenvalue weighted by Crippen LogP contribution is 2.50. The van der Waals surface area contributed by atoms with Gasteiger partial charge in [0.2, 0.25) is 70.9 Å². The van der Waals surface area contributed by atoms with Crippen molar-refractivity contribution < 1.29 is 75.4 Å². The monoisotopic (exact) mass is 1510 g/mol. The van der Waals surface area contributed by atoms with Crippen molar-refractivity contribution in [2.75, 3.05) is 82.6 Å². The van der Waals surface area contributed by atoms with Crippen LogP contribution in [0, 0.1) is 52.8 Å². The molecule has 0 aromatic carbocycles. The van der Waals surface area contributed by atoms with Crippen LogP contribution in [0.1, 0.15) is 209 Å². The van der Waals surface area contributed by atoms with Gasteiger partial charge in [0.05, 0.1) is 25.0 Å². The molecule has 3 N–H and O–H groups in total. The Kier molecular flexibility index (Phi) is 29.1. The second-order valence-corrected chi connectivity index (χ2v) is 34.6. The molecule has 1 spiro atoms. The fraction of sp³-hybridized carbons (Fsp3) is 0.823. The SMILES string of the molecule is CCC[C@H]1C(=O)N[C@@H]([C@@H](C)CC)C(=O)N2C[C@@H](C)C[C@H]2C(=O)N(C)[C@H]2C/C=C\CCN(C2=O)[C@@H](CC2CCC(C)CC2)C(=O)N(C)CC(=O)N[C@@H](CCC2CCC(C(F)(F)F)C(OC)C2)C(=O)N2C[C@@H](C)C[C@H]2C(=O)NC2(CC(C)(C)C2)C(=O)N(C)[C@@H](C2CCCC2)C(=O)N(C)[C@H](C(=O)N(C)C)CC(=O)N1C. The van der Waals surface area contributed by atoms with Gasteiger partial charge in [-0.2, -0.15) is 13.2 Å². The zero-order valence-electron chi connectivity index (χ0n) is 66.8. The van der Waals surface area contributed by atoms with Crippen LogP contribution in [0.15, 0.2) is 12.2 Å². The smallest absolute Gasteiger partial charge is 0.381 e. The summed E-state index contributed by atoms with van der Waals surface area (Å²) in [5.41, 5.74) is -2.10. The zero-order chi connectivity index (χ0) is 79.1. The summed E-state index contributed by atoms with van der Waals surface area (Å²) in [7, 11) is 11.6. The Hall–Kier alpha value is -6.87. The van der Waals surface area contributed by atoms with Gasteiger partial charge in [0.25, 0.3) is 0 Å². The lowest BCUT2D eigenvalue weighted by Crippen LogP contribution is -2.71. The van der Waals surface area contributed by atoms with Crippen LogP contribution in [0.3, 0.4) is 0 Å². The number of ether oxygens (including phenoxy) is 1. The third kappa shape index (κ3) is 20.0. The molecule has 2 bridgehead atoms. The number of hydrogen-bond acceptors (Lipinski definition) is 13. The molecule has 4 saturated carbocycles. The molecular formula is C79H127F3N12O13. The van der Waals surface area contributed by atoms with Crippen LogP contribution in [-0.2, 0) is 62.3 Å². The molecule has 15 atom stereocenters. The van der Waals surface area contributed by atoms with Gasteiger partial charge in [-0.25, -0.2) is 0 Å². The number of fused-ring (bicyclic) bond motifs is 4. The number of methoxy groups -OCH3 is 1. The van der Waals surface area contributed by atoms with E-state index in [1.54, 1.807) is 0 Å². The van der Waals surface area contributed by atoms with Gasteiger partial charge >= 0.3 is 6.18 Å². The molecule has 4 aliphatic carbocycles. The molecule has 25 nitrogen and oxygen atoms in total. The van der Waals surface area contributed by atoms with E-state index in [1.165, 1.54) is 101 Å². The van der Waals surface area contributed by atoms with E-state index in [4.69, 9.17) is 4.74 Å². The molecular weight excluding hydrogens is 1380 g/mol. The molecule has 8 aliphatic rings. The molecule has 12 amide bonds. The summed E-state index contributed by atoms with van der Waals surface area (Å²) in [6, 6.07) is -10.9. The fourth-order valence-electron chi connectivity index (χ4n) is 19.1. The zero-order valence-corrected chi connectivity index (χ0v) is 66.8. The Morgan fingerprint density at radius 2 is 1.26 bits per heavy atom. The Morgan fingerprint density at radius 1 is 0.645 bits per heavy atom. The molecule has 3 saturated heterocycles. The molecule has 28 heteroatoms. The van der Waals surface area contributed by atoms with Crippen molar-refractivity contribution in [3.05, 3.63) is 12.2 Å². The summed E-state index contributed by atoms with van der Waals surface area (Å²) in [6.45, 7) is 15.1.